The fourth-order valence-corrected chi connectivity index (χ4v) is 2.34. The number of carbonyl (C=O) groups excluding carboxylic acids is 1. The van der Waals surface area contributed by atoms with Crippen LogP contribution in [0.2, 0.25) is 0 Å². The molecule has 2 N–H and O–H groups in total. The zero-order valence-electron chi connectivity index (χ0n) is 10.0. The molecule has 1 aliphatic rings. The summed E-state index contributed by atoms with van der Waals surface area (Å²) in [6.07, 6.45) is 7.05. The lowest BCUT2D eigenvalue weighted by atomic mass is 9.89. The van der Waals surface area contributed by atoms with E-state index < -0.39 is 11.4 Å². The van der Waals surface area contributed by atoms with Crippen molar-refractivity contribution >= 4 is 17.3 Å². The molecular weight excluding hydrogens is 242 g/mol. The Morgan fingerprint density at radius 3 is 2.65 bits per heavy atom. The van der Waals surface area contributed by atoms with Crippen LogP contribution in [0.3, 0.4) is 0 Å². The molecule has 0 aromatic carbocycles. The first-order valence-corrected chi connectivity index (χ1v) is 7.25. The maximum Gasteiger partial charge on any atom is 0.301 e. The van der Waals surface area contributed by atoms with Crippen LogP contribution in [0.5, 0.6) is 0 Å². The third-order valence-electron chi connectivity index (χ3n) is 3.03. The van der Waals surface area contributed by atoms with E-state index in [0.717, 1.165) is 32.1 Å². The van der Waals surface area contributed by atoms with E-state index in [1.807, 2.05) is 0 Å². The average molecular weight is 263 g/mol. The van der Waals surface area contributed by atoms with E-state index in [-0.39, 0.29) is 18.4 Å². The highest BCUT2D eigenvalue weighted by molar-refractivity contribution is 7.74. The van der Waals surface area contributed by atoms with Crippen molar-refractivity contribution in [1.29, 1.82) is 0 Å². The van der Waals surface area contributed by atoms with Gasteiger partial charge in [-0.3, -0.25) is 13.5 Å². The summed E-state index contributed by atoms with van der Waals surface area (Å²) >= 11 is -2.17. The summed E-state index contributed by atoms with van der Waals surface area (Å²) in [7, 11) is 0. The van der Waals surface area contributed by atoms with Gasteiger partial charge in [0.1, 0.15) is 0 Å². The molecule has 1 rings (SSSR count). The van der Waals surface area contributed by atoms with Crippen LogP contribution in [0.1, 0.15) is 44.9 Å². The van der Waals surface area contributed by atoms with Gasteiger partial charge in [0, 0.05) is 12.5 Å². The number of amides is 1. The second kappa shape index (κ2) is 8.60. The van der Waals surface area contributed by atoms with E-state index in [9.17, 15) is 9.00 Å². The molecule has 5 nitrogen and oxygen atoms in total. The summed E-state index contributed by atoms with van der Waals surface area (Å²) in [6, 6.07) is 0. The quantitative estimate of drug-likeness (QED) is 0.540. The number of rotatable bonds is 7. The van der Waals surface area contributed by atoms with Crippen molar-refractivity contribution in [3.63, 3.8) is 0 Å². The number of carbonyl (C=O) groups is 1. The second-order valence-corrected chi connectivity index (χ2v) is 5.04. The summed E-state index contributed by atoms with van der Waals surface area (Å²) in [6.45, 7) is 0.874. The molecule has 0 bridgehead atoms. The first-order valence-electron chi connectivity index (χ1n) is 6.22. The Morgan fingerprint density at radius 2 is 2.00 bits per heavy atom. The largest absolute Gasteiger partial charge is 0.356 e. The molecule has 1 fully saturated rings. The first kappa shape index (κ1) is 14.6. The van der Waals surface area contributed by atoms with Gasteiger partial charge in [0.2, 0.25) is 5.91 Å². The lowest BCUT2D eigenvalue weighted by Crippen LogP contribution is -2.32. The van der Waals surface area contributed by atoms with Gasteiger partial charge in [-0.2, -0.15) is 4.21 Å². The molecule has 1 aliphatic carbocycles. The molecule has 0 spiro atoms. The molecule has 1 amide bonds. The Kier molecular flexibility index (Phi) is 7.39. The third-order valence-corrected chi connectivity index (χ3v) is 3.40. The molecular formula is C11H21NO4S. The monoisotopic (exact) mass is 263 g/mol. The van der Waals surface area contributed by atoms with E-state index in [1.165, 1.54) is 6.42 Å². The number of unbranched alkanes of at least 4 members (excludes halogenated alkanes) is 1. The predicted octanol–water partition coefficient (Wildman–Crippen LogP) is 1.62. The fourth-order valence-electron chi connectivity index (χ4n) is 2.08. The Labute approximate surface area is 105 Å². The van der Waals surface area contributed by atoms with E-state index in [2.05, 4.69) is 9.50 Å². The summed E-state index contributed by atoms with van der Waals surface area (Å²) in [5, 5.41) is 2.91. The molecule has 17 heavy (non-hydrogen) atoms. The minimum absolute atomic E-state index is 0.163. The lowest BCUT2D eigenvalue weighted by molar-refractivity contribution is -0.125. The minimum atomic E-state index is -2.17. The average Bonchev–Trinajstić information content (AvgIpc) is 2.34. The van der Waals surface area contributed by atoms with Gasteiger partial charge in [-0.25, -0.2) is 0 Å². The maximum atomic E-state index is 11.7. The van der Waals surface area contributed by atoms with E-state index in [4.69, 9.17) is 4.55 Å². The van der Waals surface area contributed by atoms with Crippen LogP contribution in [0.25, 0.3) is 0 Å². The zero-order valence-corrected chi connectivity index (χ0v) is 10.8. The first-order chi connectivity index (χ1) is 8.20. The molecule has 1 saturated carbocycles. The molecule has 1 unspecified atom stereocenters. The van der Waals surface area contributed by atoms with Crippen LogP contribution in [0.4, 0.5) is 0 Å². The molecule has 0 radical (unpaired) electrons. The van der Waals surface area contributed by atoms with Crippen molar-refractivity contribution < 1.29 is 17.7 Å². The van der Waals surface area contributed by atoms with E-state index >= 15 is 0 Å². The molecule has 100 valence electrons. The molecule has 1 atom stereocenters. The zero-order chi connectivity index (χ0) is 12.5. The van der Waals surface area contributed by atoms with Crippen molar-refractivity contribution in [3.05, 3.63) is 0 Å². The summed E-state index contributed by atoms with van der Waals surface area (Å²) in [5.74, 6) is 0.362. The van der Waals surface area contributed by atoms with Crippen LogP contribution >= 0.6 is 0 Å². The van der Waals surface area contributed by atoms with Crippen molar-refractivity contribution in [2.45, 2.75) is 44.9 Å². The van der Waals surface area contributed by atoms with Gasteiger partial charge in [-0.15, -0.1) is 0 Å². The predicted molar refractivity (Wildman–Crippen MR) is 65.5 cm³/mol. The van der Waals surface area contributed by atoms with Crippen LogP contribution in [-0.4, -0.2) is 27.8 Å². The van der Waals surface area contributed by atoms with Crippen molar-refractivity contribution in [2.24, 2.45) is 5.92 Å². The second-order valence-electron chi connectivity index (χ2n) is 4.37. The van der Waals surface area contributed by atoms with Gasteiger partial charge in [0.15, 0.2) is 0 Å². The van der Waals surface area contributed by atoms with Crippen molar-refractivity contribution in [2.75, 3.05) is 13.2 Å². The van der Waals surface area contributed by atoms with Crippen LogP contribution in [0, 0.1) is 5.92 Å². The number of hydrogen-bond acceptors (Lipinski definition) is 3. The van der Waals surface area contributed by atoms with Crippen molar-refractivity contribution in [1.82, 2.24) is 5.32 Å². The topological polar surface area (TPSA) is 75.6 Å². The molecule has 0 aromatic rings. The summed E-state index contributed by atoms with van der Waals surface area (Å²) < 4.78 is 23.0. The highest BCUT2D eigenvalue weighted by atomic mass is 32.2. The van der Waals surface area contributed by atoms with E-state index in [0.29, 0.717) is 13.0 Å². The number of hydrogen-bond donors (Lipinski definition) is 2. The Bertz CT molecular complexity index is 254. The van der Waals surface area contributed by atoms with Crippen LogP contribution in [-0.2, 0) is 20.3 Å². The fraction of sp³-hybridized carbons (Fsp3) is 0.909. The van der Waals surface area contributed by atoms with Gasteiger partial charge >= 0.3 is 11.4 Å². The van der Waals surface area contributed by atoms with Crippen LogP contribution < -0.4 is 5.32 Å². The SMILES string of the molecule is O=C(NCCCCOS(=O)O)C1CCCCC1. The van der Waals surface area contributed by atoms with E-state index in [1.54, 1.807) is 0 Å². The highest BCUT2D eigenvalue weighted by Crippen LogP contribution is 2.23. The number of nitrogens with one attached hydrogen (secondary N) is 1. The van der Waals surface area contributed by atoms with Gasteiger partial charge in [-0.1, -0.05) is 19.3 Å². The van der Waals surface area contributed by atoms with Crippen LogP contribution in [0.15, 0.2) is 0 Å². The minimum Gasteiger partial charge on any atom is -0.356 e. The molecule has 0 aromatic heterocycles. The van der Waals surface area contributed by atoms with Gasteiger partial charge in [0.25, 0.3) is 0 Å². The molecule has 6 heteroatoms. The molecule has 0 heterocycles. The van der Waals surface area contributed by atoms with Gasteiger partial charge in [-0.05, 0) is 25.7 Å². The Morgan fingerprint density at radius 1 is 1.29 bits per heavy atom. The van der Waals surface area contributed by atoms with Gasteiger partial charge in [0.05, 0.1) is 6.61 Å². The van der Waals surface area contributed by atoms with Crippen molar-refractivity contribution in [3.8, 4) is 0 Å². The molecule has 0 saturated heterocycles. The smallest absolute Gasteiger partial charge is 0.301 e. The maximum absolute atomic E-state index is 11.7. The third kappa shape index (κ3) is 6.75. The summed E-state index contributed by atoms with van der Waals surface area (Å²) in [4.78, 5) is 11.7. The Balaban J connectivity index is 1.98. The standard InChI is InChI=1S/C11H21NO4S/c13-11(10-6-2-1-3-7-10)12-8-4-5-9-16-17(14)15/h10H,1-9H2,(H,12,13)(H,14,15). The lowest BCUT2D eigenvalue weighted by Gasteiger charge is -2.20. The summed E-state index contributed by atoms with van der Waals surface area (Å²) in [5.41, 5.74) is 0. The normalized spacial score (nSPS) is 18.9. The van der Waals surface area contributed by atoms with Gasteiger partial charge < -0.3 is 5.32 Å². The molecule has 0 aliphatic heterocycles. The Hall–Kier alpha value is -0.460. The highest BCUT2D eigenvalue weighted by Gasteiger charge is 2.20.